The summed E-state index contributed by atoms with van der Waals surface area (Å²) in [5.74, 6) is -1.11. The molecule has 0 radical (unpaired) electrons. The lowest BCUT2D eigenvalue weighted by Crippen LogP contribution is -2.45. The average molecular weight is 499 g/mol. The molecule has 198 valence electrons. The van der Waals surface area contributed by atoms with Crippen LogP contribution in [0.4, 0.5) is 0 Å². The lowest BCUT2D eigenvalue weighted by molar-refractivity contribution is -0.0996. The van der Waals surface area contributed by atoms with Gasteiger partial charge in [0.25, 0.3) is 0 Å². The van der Waals surface area contributed by atoms with E-state index in [1.165, 1.54) is 12.2 Å². The van der Waals surface area contributed by atoms with Crippen LogP contribution in [-0.2, 0) is 0 Å². The number of aliphatic hydroxyl groups is 6. The van der Waals surface area contributed by atoms with E-state index in [2.05, 4.69) is 0 Å². The molecular weight excluding hydrogens is 456 g/mol. The van der Waals surface area contributed by atoms with Crippen LogP contribution in [-0.4, -0.2) is 55.1 Å². The van der Waals surface area contributed by atoms with E-state index in [1.807, 2.05) is 69.2 Å². The fourth-order valence-electron chi connectivity index (χ4n) is 4.68. The Balaban J connectivity index is 2.36. The van der Waals surface area contributed by atoms with Gasteiger partial charge in [0, 0.05) is 0 Å². The third kappa shape index (κ3) is 5.37. The first kappa shape index (κ1) is 29.6. The lowest BCUT2D eigenvalue weighted by Gasteiger charge is -2.26. The molecule has 6 nitrogen and oxygen atoms in total. The van der Waals surface area contributed by atoms with Gasteiger partial charge < -0.3 is 30.6 Å². The predicted molar refractivity (Wildman–Crippen MR) is 145 cm³/mol. The minimum absolute atomic E-state index is 0.553. The van der Waals surface area contributed by atoms with E-state index in [-0.39, 0.29) is 0 Å². The Kier molecular flexibility index (Phi) is 9.19. The van der Waals surface area contributed by atoms with Crippen molar-refractivity contribution in [3.05, 3.63) is 78.3 Å². The van der Waals surface area contributed by atoms with Gasteiger partial charge in [0.05, 0.1) is 0 Å². The zero-order chi connectivity index (χ0) is 27.8. The third-order valence-corrected chi connectivity index (χ3v) is 8.30. The van der Waals surface area contributed by atoms with Gasteiger partial charge >= 0.3 is 0 Å². The Labute approximate surface area is 214 Å². The molecule has 2 aromatic carbocycles. The Hall–Kier alpha value is -2.64. The lowest BCUT2D eigenvalue weighted by atomic mass is 9.88. The van der Waals surface area contributed by atoms with Crippen LogP contribution < -0.4 is 0 Å². The van der Waals surface area contributed by atoms with Gasteiger partial charge in [0.1, 0.15) is 35.9 Å². The highest BCUT2D eigenvalue weighted by Crippen LogP contribution is 2.30. The summed E-state index contributed by atoms with van der Waals surface area (Å²) in [6.07, 6.45) is -4.92. The summed E-state index contributed by atoms with van der Waals surface area (Å²) >= 11 is 0. The number of hydrogen-bond acceptors (Lipinski definition) is 6. The van der Waals surface area contributed by atoms with Crippen molar-refractivity contribution in [2.24, 2.45) is 0 Å². The molecule has 0 saturated heterocycles. The number of hydrogen-bond donors (Lipinski definition) is 6. The van der Waals surface area contributed by atoms with Crippen LogP contribution in [0.15, 0.2) is 11.5 Å². The summed E-state index contributed by atoms with van der Waals surface area (Å²) in [4.78, 5) is 0. The van der Waals surface area contributed by atoms with Crippen LogP contribution in [0.25, 0.3) is 12.2 Å². The summed E-state index contributed by atoms with van der Waals surface area (Å²) in [6.45, 7) is 19.6. The molecule has 36 heavy (non-hydrogen) atoms. The molecule has 2 rings (SSSR count). The van der Waals surface area contributed by atoms with Gasteiger partial charge in [-0.25, -0.2) is 0 Å². The molecule has 0 aliphatic heterocycles. The van der Waals surface area contributed by atoms with E-state index >= 15 is 0 Å². The zero-order valence-electron chi connectivity index (χ0n) is 23.1. The van der Waals surface area contributed by atoms with Gasteiger partial charge in [-0.3, -0.25) is 0 Å². The third-order valence-electron chi connectivity index (χ3n) is 8.30. The fraction of sp³-hybridized carbons (Fsp3) is 0.467. The SMILES string of the molecule is Cc1c(C)c(C)c(C=C(O)[C@@H](O)[C@@H](O)[C@H](O)[C@@H](O)C(O)=Cc2c(C)c(C)c(C)c(C)c2C)c(C)c1C. The highest BCUT2D eigenvalue weighted by molar-refractivity contribution is 5.66. The van der Waals surface area contributed by atoms with Crippen molar-refractivity contribution in [1.82, 2.24) is 0 Å². The summed E-state index contributed by atoms with van der Waals surface area (Å²) in [5, 5.41) is 63.4. The fourth-order valence-corrected chi connectivity index (χ4v) is 4.68. The van der Waals surface area contributed by atoms with Gasteiger partial charge in [0.2, 0.25) is 0 Å². The minimum atomic E-state index is -1.95. The van der Waals surface area contributed by atoms with Crippen molar-refractivity contribution in [3.8, 4) is 0 Å². The van der Waals surface area contributed by atoms with E-state index in [0.717, 1.165) is 55.6 Å². The van der Waals surface area contributed by atoms with Crippen LogP contribution in [0, 0.1) is 69.2 Å². The van der Waals surface area contributed by atoms with Gasteiger partial charge in [-0.05, 0) is 148 Å². The molecular formula is C30H42O6. The number of benzene rings is 2. The first-order valence-corrected chi connectivity index (χ1v) is 12.2. The normalized spacial score (nSPS) is 16.2. The molecule has 0 bridgehead atoms. The van der Waals surface area contributed by atoms with E-state index in [1.54, 1.807) is 0 Å². The highest BCUT2D eigenvalue weighted by atomic mass is 16.4. The molecule has 0 heterocycles. The Morgan fingerprint density at radius 3 is 0.833 bits per heavy atom. The van der Waals surface area contributed by atoms with E-state index < -0.39 is 35.9 Å². The molecule has 2 aromatic rings. The van der Waals surface area contributed by atoms with Gasteiger partial charge in [-0.15, -0.1) is 0 Å². The summed E-state index contributed by atoms with van der Waals surface area (Å²) in [6, 6.07) is 0. The van der Waals surface area contributed by atoms with Crippen LogP contribution in [0.3, 0.4) is 0 Å². The van der Waals surface area contributed by atoms with Gasteiger partial charge in [-0.1, -0.05) is 0 Å². The smallest absolute Gasteiger partial charge is 0.139 e. The molecule has 0 aromatic heterocycles. The van der Waals surface area contributed by atoms with E-state index in [0.29, 0.717) is 11.1 Å². The van der Waals surface area contributed by atoms with Gasteiger partial charge in [-0.2, -0.15) is 0 Å². The molecule has 0 spiro atoms. The molecule has 6 N–H and O–H groups in total. The first-order chi connectivity index (χ1) is 16.5. The molecule has 0 saturated carbocycles. The van der Waals surface area contributed by atoms with E-state index in [4.69, 9.17) is 0 Å². The Morgan fingerprint density at radius 1 is 0.417 bits per heavy atom. The second-order valence-electron chi connectivity index (χ2n) is 10.1. The largest absolute Gasteiger partial charge is 0.509 e. The number of aliphatic hydroxyl groups excluding tert-OH is 6. The average Bonchev–Trinajstić information content (AvgIpc) is 2.86. The standard InChI is InChI=1S/C30H42O6/c1-13-15(3)19(7)23(20(8)16(13)4)11-25(31)27(33)29(35)30(36)28(34)26(32)12-24-21(9)17(5)14(2)18(6)22(24)10/h11-12,27-36H,1-10H3/t27-,28+,29-,30-/m1/s1. The van der Waals surface area contributed by atoms with Crippen LogP contribution in [0.5, 0.6) is 0 Å². The maximum absolute atomic E-state index is 10.6. The van der Waals surface area contributed by atoms with Crippen molar-refractivity contribution >= 4 is 12.2 Å². The molecule has 0 fully saturated rings. The molecule has 4 atom stereocenters. The minimum Gasteiger partial charge on any atom is -0.509 e. The van der Waals surface area contributed by atoms with Crippen molar-refractivity contribution in [2.45, 2.75) is 93.7 Å². The summed E-state index contributed by atoms with van der Waals surface area (Å²) in [7, 11) is 0. The van der Waals surface area contributed by atoms with Crippen LogP contribution in [0.1, 0.15) is 66.8 Å². The maximum atomic E-state index is 10.6. The molecule has 0 amide bonds. The van der Waals surface area contributed by atoms with E-state index in [9.17, 15) is 30.6 Å². The predicted octanol–water partition coefficient (Wildman–Crippen LogP) is 4.71. The monoisotopic (exact) mass is 498 g/mol. The van der Waals surface area contributed by atoms with Crippen LogP contribution >= 0.6 is 0 Å². The molecule has 6 heteroatoms. The summed E-state index contributed by atoms with van der Waals surface area (Å²) < 4.78 is 0. The second kappa shape index (κ2) is 11.2. The maximum Gasteiger partial charge on any atom is 0.139 e. The Morgan fingerprint density at radius 2 is 0.611 bits per heavy atom. The van der Waals surface area contributed by atoms with Crippen molar-refractivity contribution in [3.63, 3.8) is 0 Å². The van der Waals surface area contributed by atoms with Gasteiger partial charge in [0.15, 0.2) is 0 Å². The van der Waals surface area contributed by atoms with Crippen LogP contribution in [0.2, 0.25) is 0 Å². The quantitative estimate of drug-likeness (QED) is 0.308. The molecule has 0 aliphatic rings. The molecule has 0 aliphatic carbocycles. The molecule has 0 unspecified atom stereocenters. The topological polar surface area (TPSA) is 121 Å². The number of rotatable bonds is 7. The van der Waals surface area contributed by atoms with Crippen molar-refractivity contribution in [1.29, 1.82) is 0 Å². The summed E-state index contributed by atoms with van der Waals surface area (Å²) in [5.41, 5.74) is 11.7. The Bertz CT molecular complexity index is 1070. The highest BCUT2D eigenvalue weighted by Gasteiger charge is 2.34. The second-order valence-corrected chi connectivity index (χ2v) is 10.1. The first-order valence-electron chi connectivity index (χ1n) is 12.2. The zero-order valence-corrected chi connectivity index (χ0v) is 23.1. The van der Waals surface area contributed by atoms with Crippen molar-refractivity contribution in [2.75, 3.05) is 0 Å². The van der Waals surface area contributed by atoms with Crippen molar-refractivity contribution < 1.29 is 30.6 Å².